The van der Waals surface area contributed by atoms with Crippen molar-refractivity contribution in [2.24, 2.45) is 0 Å². The van der Waals surface area contributed by atoms with Crippen LogP contribution in [-0.4, -0.2) is 19.5 Å². The summed E-state index contributed by atoms with van der Waals surface area (Å²) in [4.78, 5) is 10.6. The Hall–Kier alpha value is -1.79. The van der Waals surface area contributed by atoms with E-state index in [1.165, 1.54) is 0 Å². The van der Waals surface area contributed by atoms with Gasteiger partial charge in [-0.15, -0.1) is 5.92 Å². The van der Waals surface area contributed by atoms with Crippen LogP contribution in [0.25, 0.3) is 0 Å². The molecule has 102 valence electrons. The highest BCUT2D eigenvalue weighted by molar-refractivity contribution is 5.51. The van der Waals surface area contributed by atoms with Gasteiger partial charge in [-0.25, -0.2) is 0 Å². The Kier molecular flexibility index (Phi) is 7.38. The zero-order valence-corrected chi connectivity index (χ0v) is 11.5. The van der Waals surface area contributed by atoms with Crippen molar-refractivity contribution in [3.63, 3.8) is 0 Å². The van der Waals surface area contributed by atoms with E-state index in [1.807, 2.05) is 24.3 Å². The van der Waals surface area contributed by atoms with Gasteiger partial charge in [0.05, 0.1) is 13.7 Å². The standard InChI is InChI=1S/C16H20O3/c1-3-4-5-6-16(11-12-17)19-13-14-7-9-15(18-2)10-8-14/h7-10,12,16H,3-4,11,13H2,1-2H3. The van der Waals surface area contributed by atoms with E-state index < -0.39 is 0 Å². The normalized spacial score (nSPS) is 11.3. The maximum atomic E-state index is 10.6. The van der Waals surface area contributed by atoms with Crippen LogP contribution >= 0.6 is 0 Å². The Morgan fingerprint density at radius 3 is 2.63 bits per heavy atom. The second-order valence-corrected chi connectivity index (χ2v) is 4.12. The first-order valence-corrected chi connectivity index (χ1v) is 6.46. The lowest BCUT2D eigenvalue weighted by molar-refractivity contribution is -0.109. The minimum absolute atomic E-state index is 0.312. The van der Waals surface area contributed by atoms with Crippen molar-refractivity contribution in [3.8, 4) is 17.6 Å². The summed E-state index contributed by atoms with van der Waals surface area (Å²) in [6.45, 7) is 2.52. The molecule has 0 fully saturated rings. The molecule has 1 aromatic rings. The molecule has 1 rings (SSSR count). The van der Waals surface area contributed by atoms with E-state index in [0.29, 0.717) is 13.0 Å². The second-order valence-electron chi connectivity index (χ2n) is 4.12. The van der Waals surface area contributed by atoms with Gasteiger partial charge < -0.3 is 14.3 Å². The van der Waals surface area contributed by atoms with E-state index in [2.05, 4.69) is 18.8 Å². The quantitative estimate of drug-likeness (QED) is 0.558. The molecule has 0 spiro atoms. The summed E-state index contributed by atoms with van der Waals surface area (Å²) in [5.41, 5.74) is 1.04. The molecule has 0 bridgehead atoms. The number of aldehydes is 1. The largest absolute Gasteiger partial charge is 0.497 e. The topological polar surface area (TPSA) is 35.5 Å². The lowest BCUT2D eigenvalue weighted by atomic mass is 10.2. The molecule has 0 radical (unpaired) electrons. The van der Waals surface area contributed by atoms with Crippen LogP contribution in [0.15, 0.2) is 24.3 Å². The SMILES string of the molecule is CCCC#CC(CC=O)OCc1ccc(OC)cc1. The van der Waals surface area contributed by atoms with Crippen molar-refractivity contribution in [1.29, 1.82) is 0 Å². The first kappa shape index (κ1) is 15.3. The van der Waals surface area contributed by atoms with Gasteiger partial charge in [-0.05, 0) is 24.1 Å². The van der Waals surface area contributed by atoms with Crippen LogP contribution in [0.1, 0.15) is 31.7 Å². The molecular formula is C16H20O3. The van der Waals surface area contributed by atoms with E-state index in [0.717, 1.165) is 30.4 Å². The first-order chi connectivity index (χ1) is 9.30. The Morgan fingerprint density at radius 2 is 2.05 bits per heavy atom. The monoisotopic (exact) mass is 260 g/mol. The highest BCUT2D eigenvalue weighted by atomic mass is 16.5. The van der Waals surface area contributed by atoms with E-state index in [-0.39, 0.29) is 6.10 Å². The third kappa shape index (κ3) is 6.08. The van der Waals surface area contributed by atoms with E-state index >= 15 is 0 Å². The van der Waals surface area contributed by atoms with Gasteiger partial charge in [0.1, 0.15) is 18.1 Å². The van der Waals surface area contributed by atoms with Crippen molar-refractivity contribution in [1.82, 2.24) is 0 Å². The van der Waals surface area contributed by atoms with Gasteiger partial charge in [-0.2, -0.15) is 0 Å². The van der Waals surface area contributed by atoms with Crippen LogP contribution in [-0.2, 0) is 16.1 Å². The van der Waals surface area contributed by atoms with Crippen LogP contribution in [0, 0.1) is 11.8 Å². The molecule has 0 aliphatic rings. The number of ether oxygens (including phenoxy) is 2. The van der Waals surface area contributed by atoms with Gasteiger partial charge in [0.15, 0.2) is 0 Å². The van der Waals surface area contributed by atoms with Crippen molar-refractivity contribution in [2.45, 2.75) is 38.9 Å². The molecular weight excluding hydrogens is 240 g/mol. The van der Waals surface area contributed by atoms with Gasteiger partial charge in [-0.1, -0.05) is 25.0 Å². The number of hydrogen-bond donors (Lipinski definition) is 0. The summed E-state index contributed by atoms with van der Waals surface area (Å²) in [6, 6.07) is 7.65. The van der Waals surface area contributed by atoms with Gasteiger partial charge in [0.25, 0.3) is 0 Å². The number of unbranched alkanes of at least 4 members (excludes halogenated alkanes) is 1. The molecule has 0 aromatic heterocycles. The van der Waals surface area contributed by atoms with E-state index in [9.17, 15) is 4.79 Å². The Labute approximate surface area is 114 Å². The molecule has 3 heteroatoms. The minimum Gasteiger partial charge on any atom is -0.497 e. The van der Waals surface area contributed by atoms with Crippen molar-refractivity contribution in [3.05, 3.63) is 29.8 Å². The summed E-state index contributed by atoms with van der Waals surface area (Å²) < 4.78 is 10.7. The fourth-order valence-electron chi connectivity index (χ4n) is 1.49. The van der Waals surface area contributed by atoms with Crippen LogP contribution in [0.3, 0.4) is 0 Å². The number of carbonyl (C=O) groups is 1. The third-order valence-electron chi connectivity index (χ3n) is 2.56. The molecule has 1 aromatic carbocycles. The van der Waals surface area contributed by atoms with Gasteiger partial charge in [0, 0.05) is 12.8 Å². The van der Waals surface area contributed by atoms with Crippen LogP contribution in [0.2, 0.25) is 0 Å². The number of methoxy groups -OCH3 is 1. The average Bonchev–Trinajstić information content (AvgIpc) is 2.45. The number of rotatable bonds is 7. The molecule has 3 nitrogen and oxygen atoms in total. The van der Waals surface area contributed by atoms with E-state index in [4.69, 9.17) is 9.47 Å². The lowest BCUT2D eigenvalue weighted by Crippen LogP contribution is -2.11. The molecule has 0 amide bonds. The van der Waals surface area contributed by atoms with Crippen molar-refractivity contribution < 1.29 is 14.3 Å². The molecule has 0 saturated carbocycles. The summed E-state index contributed by atoms with van der Waals surface area (Å²) in [5, 5.41) is 0. The molecule has 0 heterocycles. The highest BCUT2D eigenvalue weighted by Gasteiger charge is 2.05. The maximum Gasteiger partial charge on any atom is 0.125 e. The highest BCUT2D eigenvalue weighted by Crippen LogP contribution is 2.12. The first-order valence-electron chi connectivity index (χ1n) is 6.46. The number of carbonyl (C=O) groups excluding carboxylic acids is 1. The number of hydrogen-bond acceptors (Lipinski definition) is 3. The molecule has 1 unspecified atom stereocenters. The average molecular weight is 260 g/mol. The molecule has 0 N–H and O–H groups in total. The van der Waals surface area contributed by atoms with Gasteiger partial charge in [0.2, 0.25) is 0 Å². The zero-order valence-electron chi connectivity index (χ0n) is 11.5. The maximum absolute atomic E-state index is 10.6. The predicted molar refractivity (Wildman–Crippen MR) is 74.9 cm³/mol. The predicted octanol–water partition coefficient (Wildman–Crippen LogP) is 2.97. The minimum atomic E-state index is -0.314. The fraction of sp³-hybridized carbons (Fsp3) is 0.438. The van der Waals surface area contributed by atoms with Crippen LogP contribution in [0.4, 0.5) is 0 Å². The van der Waals surface area contributed by atoms with E-state index in [1.54, 1.807) is 7.11 Å². The van der Waals surface area contributed by atoms with Gasteiger partial charge >= 0.3 is 0 Å². The van der Waals surface area contributed by atoms with Crippen LogP contribution in [0.5, 0.6) is 5.75 Å². The Bertz CT molecular complexity index is 426. The lowest BCUT2D eigenvalue weighted by Gasteiger charge is -2.10. The fourth-order valence-corrected chi connectivity index (χ4v) is 1.49. The number of benzene rings is 1. The molecule has 19 heavy (non-hydrogen) atoms. The third-order valence-corrected chi connectivity index (χ3v) is 2.56. The molecule has 1 atom stereocenters. The Morgan fingerprint density at radius 1 is 1.32 bits per heavy atom. The molecule has 0 aliphatic heterocycles. The van der Waals surface area contributed by atoms with Gasteiger partial charge in [-0.3, -0.25) is 0 Å². The van der Waals surface area contributed by atoms with Crippen LogP contribution < -0.4 is 4.74 Å². The smallest absolute Gasteiger partial charge is 0.125 e. The molecule has 0 saturated heterocycles. The summed E-state index contributed by atoms with van der Waals surface area (Å²) in [7, 11) is 1.63. The van der Waals surface area contributed by atoms with Crippen molar-refractivity contribution >= 4 is 6.29 Å². The second kappa shape index (κ2) is 9.18. The summed E-state index contributed by atoms with van der Waals surface area (Å²) in [6.07, 6.45) is 2.69. The summed E-state index contributed by atoms with van der Waals surface area (Å²) in [5.74, 6) is 6.82. The summed E-state index contributed by atoms with van der Waals surface area (Å²) >= 11 is 0. The molecule has 0 aliphatic carbocycles. The van der Waals surface area contributed by atoms with Crippen molar-refractivity contribution in [2.75, 3.05) is 7.11 Å². The Balaban J connectivity index is 2.50. The zero-order chi connectivity index (χ0) is 13.9.